The standard InChI is InChI=1S/C9H12N2O3S/c1-2-11(15(12,13)7-5-10)8-9-4-3-6-14-9/h3-4,6H,2,7-8H2,1H3. The van der Waals surface area contributed by atoms with E-state index in [0.29, 0.717) is 12.3 Å². The minimum absolute atomic E-state index is 0.174. The Labute approximate surface area is 89.0 Å². The quantitative estimate of drug-likeness (QED) is 0.752. The molecule has 0 saturated carbocycles. The highest BCUT2D eigenvalue weighted by molar-refractivity contribution is 7.89. The van der Waals surface area contributed by atoms with Crippen LogP contribution in [-0.4, -0.2) is 25.0 Å². The zero-order valence-electron chi connectivity index (χ0n) is 8.38. The van der Waals surface area contributed by atoms with E-state index in [1.54, 1.807) is 25.1 Å². The fraction of sp³-hybridized carbons (Fsp3) is 0.444. The van der Waals surface area contributed by atoms with Crippen LogP contribution in [0, 0.1) is 11.3 Å². The van der Waals surface area contributed by atoms with Gasteiger partial charge in [-0.15, -0.1) is 0 Å². The molecule has 0 radical (unpaired) electrons. The molecule has 0 fully saturated rings. The topological polar surface area (TPSA) is 74.3 Å². The highest BCUT2D eigenvalue weighted by Gasteiger charge is 2.20. The Morgan fingerprint density at radius 3 is 2.80 bits per heavy atom. The second kappa shape index (κ2) is 4.96. The summed E-state index contributed by atoms with van der Waals surface area (Å²) in [5, 5.41) is 8.39. The molecule has 0 aliphatic carbocycles. The zero-order valence-corrected chi connectivity index (χ0v) is 9.20. The molecule has 6 heteroatoms. The Balaban J connectivity index is 2.77. The van der Waals surface area contributed by atoms with E-state index in [-0.39, 0.29) is 6.54 Å². The highest BCUT2D eigenvalue weighted by Crippen LogP contribution is 2.09. The van der Waals surface area contributed by atoms with Crippen LogP contribution in [-0.2, 0) is 16.6 Å². The maximum Gasteiger partial charge on any atom is 0.227 e. The van der Waals surface area contributed by atoms with E-state index in [4.69, 9.17) is 9.68 Å². The van der Waals surface area contributed by atoms with Crippen LogP contribution in [0.2, 0.25) is 0 Å². The van der Waals surface area contributed by atoms with Crippen molar-refractivity contribution in [3.05, 3.63) is 24.2 Å². The highest BCUT2D eigenvalue weighted by atomic mass is 32.2. The molecule has 1 aromatic rings. The van der Waals surface area contributed by atoms with E-state index in [1.807, 2.05) is 0 Å². The number of nitrogens with zero attached hydrogens (tertiary/aromatic N) is 2. The van der Waals surface area contributed by atoms with Gasteiger partial charge < -0.3 is 4.42 Å². The van der Waals surface area contributed by atoms with Crippen molar-refractivity contribution in [1.82, 2.24) is 4.31 Å². The third kappa shape index (κ3) is 3.08. The molecular formula is C9H12N2O3S. The molecule has 0 N–H and O–H groups in total. The van der Waals surface area contributed by atoms with Crippen molar-refractivity contribution in [3.8, 4) is 6.07 Å². The molecule has 0 saturated heterocycles. The fourth-order valence-electron chi connectivity index (χ4n) is 1.16. The summed E-state index contributed by atoms with van der Waals surface area (Å²) in [5.74, 6) is 0.0695. The molecule has 15 heavy (non-hydrogen) atoms. The molecule has 5 nitrogen and oxygen atoms in total. The van der Waals surface area contributed by atoms with Gasteiger partial charge in [0.15, 0.2) is 5.75 Å². The molecule has 1 rings (SSSR count). The Morgan fingerprint density at radius 2 is 2.33 bits per heavy atom. The summed E-state index contributed by atoms with van der Waals surface area (Å²) in [6.07, 6.45) is 1.49. The first-order valence-electron chi connectivity index (χ1n) is 4.47. The van der Waals surface area contributed by atoms with Crippen LogP contribution in [0.3, 0.4) is 0 Å². The van der Waals surface area contributed by atoms with Gasteiger partial charge in [0, 0.05) is 6.54 Å². The number of nitriles is 1. The van der Waals surface area contributed by atoms with Crippen LogP contribution in [0.1, 0.15) is 12.7 Å². The summed E-state index contributed by atoms with van der Waals surface area (Å²) < 4.78 is 29.4. The summed E-state index contributed by atoms with van der Waals surface area (Å²) in [7, 11) is -3.49. The summed E-state index contributed by atoms with van der Waals surface area (Å²) in [4.78, 5) is 0. The predicted octanol–water partition coefficient (Wildman–Crippen LogP) is 0.955. The van der Waals surface area contributed by atoms with Gasteiger partial charge in [-0.05, 0) is 12.1 Å². The van der Waals surface area contributed by atoms with E-state index in [0.717, 1.165) is 0 Å². The predicted molar refractivity (Wildman–Crippen MR) is 54.2 cm³/mol. The summed E-state index contributed by atoms with van der Waals surface area (Å²) in [6.45, 7) is 2.22. The number of hydrogen-bond acceptors (Lipinski definition) is 4. The molecule has 0 amide bonds. The Kier molecular flexibility index (Phi) is 3.88. The van der Waals surface area contributed by atoms with Crippen LogP contribution in [0.4, 0.5) is 0 Å². The molecule has 1 heterocycles. The van der Waals surface area contributed by atoms with Crippen molar-refractivity contribution < 1.29 is 12.8 Å². The Bertz CT molecular complexity index is 430. The number of rotatable bonds is 5. The molecule has 82 valence electrons. The third-order valence-corrected chi connectivity index (χ3v) is 3.57. The molecule has 0 bridgehead atoms. The van der Waals surface area contributed by atoms with Crippen LogP contribution >= 0.6 is 0 Å². The number of hydrogen-bond donors (Lipinski definition) is 0. The van der Waals surface area contributed by atoms with Gasteiger partial charge in [-0.1, -0.05) is 6.92 Å². The molecule has 0 spiro atoms. The second-order valence-corrected chi connectivity index (χ2v) is 4.89. The van der Waals surface area contributed by atoms with Gasteiger partial charge in [-0.25, -0.2) is 8.42 Å². The molecular weight excluding hydrogens is 216 g/mol. The van der Waals surface area contributed by atoms with Gasteiger partial charge >= 0.3 is 0 Å². The third-order valence-electron chi connectivity index (χ3n) is 1.91. The minimum Gasteiger partial charge on any atom is -0.468 e. The number of furan rings is 1. The fourth-order valence-corrected chi connectivity index (χ4v) is 2.22. The van der Waals surface area contributed by atoms with Gasteiger partial charge in [-0.3, -0.25) is 0 Å². The average molecular weight is 228 g/mol. The first-order chi connectivity index (χ1) is 7.10. The van der Waals surface area contributed by atoms with E-state index < -0.39 is 15.8 Å². The lowest BCUT2D eigenvalue weighted by molar-refractivity contribution is 0.377. The van der Waals surface area contributed by atoms with E-state index in [1.165, 1.54) is 10.6 Å². The SMILES string of the molecule is CCN(Cc1ccco1)S(=O)(=O)CC#N. The normalized spacial score (nSPS) is 11.5. The molecule has 0 aliphatic heterocycles. The first-order valence-corrected chi connectivity index (χ1v) is 6.08. The van der Waals surface area contributed by atoms with Gasteiger partial charge in [0.25, 0.3) is 0 Å². The van der Waals surface area contributed by atoms with Crippen molar-refractivity contribution in [3.63, 3.8) is 0 Å². The van der Waals surface area contributed by atoms with Gasteiger partial charge in [0.05, 0.1) is 18.9 Å². The minimum atomic E-state index is -3.49. The van der Waals surface area contributed by atoms with E-state index in [9.17, 15) is 8.42 Å². The lowest BCUT2D eigenvalue weighted by atomic mass is 10.4. The van der Waals surface area contributed by atoms with Crippen molar-refractivity contribution in [2.75, 3.05) is 12.3 Å². The molecule has 0 aliphatic rings. The van der Waals surface area contributed by atoms with Crippen LogP contribution in [0.5, 0.6) is 0 Å². The Hall–Kier alpha value is -1.32. The number of sulfonamides is 1. The summed E-state index contributed by atoms with van der Waals surface area (Å²) >= 11 is 0. The maximum absolute atomic E-state index is 11.5. The van der Waals surface area contributed by atoms with Crippen LogP contribution < -0.4 is 0 Å². The zero-order chi connectivity index (χ0) is 11.3. The van der Waals surface area contributed by atoms with Crippen molar-refractivity contribution >= 4 is 10.0 Å². The largest absolute Gasteiger partial charge is 0.468 e. The lowest BCUT2D eigenvalue weighted by Gasteiger charge is -2.17. The van der Waals surface area contributed by atoms with Gasteiger partial charge in [0.2, 0.25) is 10.0 Å². The van der Waals surface area contributed by atoms with Crippen molar-refractivity contribution in [1.29, 1.82) is 5.26 Å². The molecule has 0 atom stereocenters. The molecule has 1 aromatic heterocycles. The monoisotopic (exact) mass is 228 g/mol. The van der Waals surface area contributed by atoms with E-state index >= 15 is 0 Å². The summed E-state index contributed by atoms with van der Waals surface area (Å²) in [5.41, 5.74) is 0. The van der Waals surface area contributed by atoms with Gasteiger partial charge in [0.1, 0.15) is 5.76 Å². The van der Waals surface area contributed by atoms with Crippen molar-refractivity contribution in [2.45, 2.75) is 13.5 Å². The second-order valence-electron chi connectivity index (χ2n) is 2.92. The van der Waals surface area contributed by atoms with Crippen LogP contribution in [0.25, 0.3) is 0 Å². The average Bonchev–Trinajstić information content (AvgIpc) is 2.66. The Morgan fingerprint density at radius 1 is 1.60 bits per heavy atom. The summed E-state index contributed by atoms with van der Waals surface area (Å²) in [6, 6.07) is 5.04. The first kappa shape index (κ1) is 11.8. The molecule has 0 unspecified atom stereocenters. The van der Waals surface area contributed by atoms with E-state index in [2.05, 4.69) is 0 Å². The lowest BCUT2D eigenvalue weighted by Crippen LogP contribution is -2.31. The van der Waals surface area contributed by atoms with Crippen molar-refractivity contribution in [2.24, 2.45) is 0 Å². The van der Waals surface area contributed by atoms with Gasteiger partial charge in [-0.2, -0.15) is 9.57 Å². The maximum atomic E-state index is 11.5. The molecule has 0 aromatic carbocycles. The smallest absolute Gasteiger partial charge is 0.227 e. The van der Waals surface area contributed by atoms with Crippen LogP contribution in [0.15, 0.2) is 22.8 Å².